The lowest BCUT2D eigenvalue weighted by molar-refractivity contribution is -0.141. The van der Waals surface area contributed by atoms with Crippen molar-refractivity contribution >= 4 is 39.9 Å². The van der Waals surface area contributed by atoms with E-state index in [1.54, 1.807) is 4.90 Å². The molecule has 0 unspecified atom stereocenters. The average Bonchev–Trinajstić information content (AvgIpc) is 3.35. The van der Waals surface area contributed by atoms with E-state index in [1.165, 1.54) is 4.90 Å². The zero-order chi connectivity index (χ0) is 35.5. The summed E-state index contributed by atoms with van der Waals surface area (Å²) in [5.74, 6) is -2.50. The number of sulfonamides is 1. The SMILES string of the molecule is CS(=O)(=O)NC(=O)[C@@]12C[C@H]1C=CCCCCC[C@H](NC(=O)OC1CCCC1)C(=O)N1C[C@H](OC(=O)N3CCc4ccccc4C3)C[C@H]1C(=O)N2. The lowest BCUT2D eigenvalue weighted by atomic mass is 10.0. The van der Waals surface area contributed by atoms with Gasteiger partial charge >= 0.3 is 12.2 Å². The summed E-state index contributed by atoms with van der Waals surface area (Å²) in [7, 11) is -3.93. The van der Waals surface area contributed by atoms with Gasteiger partial charge in [-0.05, 0) is 68.9 Å². The Kier molecular flexibility index (Phi) is 10.7. The van der Waals surface area contributed by atoms with E-state index in [2.05, 4.69) is 10.6 Å². The highest BCUT2D eigenvalue weighted by atomic mass is 32.2. The minimum Gasteiger partial charge on any atom is -0.446 e. The number of benzene rings is 1. The maximum absolute atomic E-state index is 14.3. The van der Waals surface area contributed by atoms with Gasteiger partial charge in [0, 0.05) is 25.4 Å². The van der Waals surface area contributed by atoms with Gasteiger partial charge in [0.2, 0.25) is 21.8 Å². The highest BCUT2D eigenvalue weighted by Gasteiger charge is 2.61. The number of nitrogens with zero attached hydrogens (tertiary/aromatic N) is 2. The fraction of sp³-hybridized carbons (Fsp3) is 0.629. The first kappa shape index (κ1) is 35.7. The molecule has 5 amide bonds. The average molecular weight is 714 g/mol. The molecule has 3 N–H and O–H groups in total. The molecule has 3 aliphatic heterocycles. The van der Waals surface area contributed by atoms with Crippen molar-refractivity contribution in [2.75, 3.05) is 19.3 Å². The molecule has 3 heterocycles. The summed E-state index contributed by atoms with van der Waals surface area (Å²) in [6.07, 6.45) is 9.74. The smallest absolute Gasteiger partial charge is 0.410 e. The van der Waals surface area contributed by atoms with Crippen molar-refractivity contribution in [3.63, 3.8) is 0 Å². The van der Waals surface area contributed by atoms with Gasteiger partial charge in [-0.15, -0.1) is 0 Å². The van der Waals surface area contributed by atoms with Gasteiger partial charge in [-0.2, -0.15) is 0 Å². The quantitative estimate of drug-likeness (QED) is 0.387. The van der Waals surface area contributed by atoms with E-state index in [9.17, 15) is 32.4 Å². The predicted molar refractivity (Wildman–Crippen MR) is 181 cm³/mol. The fourth-order valence-corrected chi connectivity index (χ4v) is 8.15. The van der Waals surface area contributed by atoms with Gasteiger partial charge in [0.1, 0.15) is 29.8 Å². The Labute approximate surface area is 292 Å². The highest BCUT2D eigenvalue weighted by molar-refractivity contribution is 7.89. The van der Waals surface area contributed by atoms with Gasteiger partial charge in [-0.3, -0.25) is 19.1 Å². The summed E-state index contributed by atoms with van der Waals surface area (Å²) in [5, 5.41) is 5.54. The maximum atomic E-state index is 14.3. The Morgan fingerprint density at radius 2 is 1.70 bits per heavy atom. The molecule has 0 aromatic heterocycles. The molecular weight excluding hydrogens is 666 g/mol. The Morgan fingerprint density at radius 3 is 2.46 bits per heavy atom. The first-order chi connectivity index (χ1) is 23.9. The Hall–Kier alpha value is -4.14. The van der Waals surface area contributed by atoms with Crippen LogP contribution in [0.2, 0.25) is 0 Å². The van der Waals surface area contributed by atoms with Crippen LogP contribution in [-0.4, -0.2) is 97.3 Å². The van der Waals surface area contributed by atoms with Crippen LogP contribution in [0.15, 0.2) is 36.4 Å². The van der Waals surface area contributed by atoms with E-state index in [0.717, 1.165) is 55.9 Å². The number of rotatable bonds is 5. The van der Waals surface area contributed by atoms with Gasteiger partial charge in [0.05, 0.1) is 12.8 Å². The summed E-state index contributed by atoms with van der Waals surface area (Å²) >= 11 is 0. The van der Waals surface area contributed by atoms with Gasteiger partial charge in [-0.1, -0.05) is 49.3 Å². The van der Waals surface area contributed by atoms with Crippen LogP contribution >= 0.6 is 0 Å². The maximum Gasteiger partial charge on any atom is 0.410 e. The van der Waals surface area contributed by atoms with Crippen LogP contribution in [0.3, 0.4) is 0 Å². The molecule has 0 radical (unpaired) electrons. The number of allylic oxidation sites excluding steroid dienone is 1. The molecule has 2 aliphatic carbocycles. The van der Waals surface area contributed by atoms with Crippen LogP contribution < -0.4 is 15.4 Å². The second-order valence-electron chi connectivity index (χ2n) is 14.2. The van der Waals surface area contributed by atoms with Crippen molar-refractivity contribution in [3.8, 4) is 0 Å². The number of hydrogen-bond acceptors (Lipinski definition) is 9. The van der Waals surface area contributed by atoms with Crippen molar-refractivity contribution in [2.24, 2.45) is 5.92 Å². The lowest BCUT2D eigenvalue weighted by Crippen LogP contribution is -2.58. The molecule has 5 aliphatic rings. The molecule has 1 saturated heterocycles. The molecule has 15 heteroatoms. The number of amides is 5. The van der Waals surface area contributed by atoms with E-state index in [4.69, 9.17) is 9.47 Å². The third-order valence-corrected chi connectivity index (χ3v) is 11.0. The zero-order valence-electron chi connectivity index (χ0n) is 28.4. The lowest BCUT2D eigenvalue weighted by Gasteiger charge is -2.30. The first-order valence-electron chi connectivity index (χ1n) is 17.7. The third kappa shape index (κ3) is 8.41. The molecule has 0 spiro atoms. The number of nitrogens with one attached hydrogen (secondary N) is 3. The molecule has 6 rings (SSSR count). The third-order valence-electron chi connectivity index (χ3n) is 10.4. The number of carbonyl (C=O) groups is 5. The summed E-state index contributed by atoms with van der Waals surface area (Å²) in [6, 6.07) is 5.71. The molecule has 1 aromatic carbocycles. The molecular formula is C35H47N5O9S. The molecule has 0 bridgehead atoms. The molecule has 14 nitrogen and oxygen atoms in total. The Bertz CT molecular complexity index is 1630. The second-order valence-corrected chi connectivity index (χ2v) is 16.0. The summed E-state index contributed by atoms with van der Waals surface area (Å²) in [4.78, 5) is 71.0. The number of fused-ring (bicyclic) bond motifs is 3. The van der Waals surface area contributed by atoms with Crippen molar-refractivity contribution in [1.82, 2.24) is 25.2 Å². The van der Waals surface area contributed by atoms with E-state index in [1.807, 2.05) is 41.1 Å². The van der Waals surface area contributed by atoms with Crippen LogP contribution in [0.25, 0.3) is 0 Å². The summed E-state index contributed by atoms with van der Waals surface area (Å²) < 4.78 is 37.6. The van der Waals surface area contributed by atoms with E-state index >= 15 is 0 Å². The van der Waals surface area contributed by atoms with E-state index in [-0.39, 0.29) is 25.5 Å². The Balaban J connectivity index is 1.23. The minimum atomic E-state index is -3.93. The first-order valence-corrected chi connectivity index (χ1v) is 19.6. The summed E-state index contributed by atoms with van der Waals surface area (Å²) in [6.45, 7) is 0.724. The number of carbonyl (C=O) groups excluding carboxylic acids is 5. The molecule has 5 atom stereocenters. The van der Waals surface area contributed by atoms with Crippen LogP contribution in [0, 0.1) is 5.92 Å². The number of hydrogen-bond donors (Lipinski definition) is 3. The normalized spacial score (nSPS) is 29.0. The van der Waals surface area contributed by atoms with Crippen LogP contribution in [-0.2, 0) is 46.8 Å². The topological polar surface area (TPSA) is 181 Å². The Morgan fingerprint density at radius 1 is 0.960 bits per heavy atom. The van der Waals surface area contributed by atoms with Crippen LogP contribution in [0.5, 0.6) is 0 Å². The molecule has 3 fully saturated rings. The molecule has 1 aromatic rings. The van der Waals surface area contributed by atoms with Crippen molar-refractivity contribution in [3.05, 3.63) is 47.5 Å². The van der Waals surface area contributed by atoms with Gasteiger partial charge in [-0.25, -0.2) is 18.0 Å². The van der Waals surface area contributed by atoms with Gasteiger partial charge in [0.25, 0.3) is 5.91 Å². The van der Waals surface area contributed by atoms with Crippen molar-refractivity contribution < 1.29 is 41.9 Å². The fourth-order valence-electron chi connectivity index (χ4n) is 7.63. The van der Waals surface area contributed by atoms with Crippen LogP contribution in [0.4, 0.5) is 9.59 Å². The van der Waals surface area contributed by atoms with Gasteiger partial charge in [0.15, 0.2) is 0 Å². The number of alkyl carbamates (subject to hydrolysis) is 1. The standard InChI is InChI=1S/C35H47N5O9S/c1-50(46,47)38-32(43)35-20-25(35)13-5-3-2-4-6-16-28(36-33(44)48-26-14-9-10-15-26)31(42)40-22-27(19-29(40)30(41)37-35)49-34(45)39-18-17-23-11-7-8-12-24(23)21-39/h5,7-8,11-13,25-29H,2-4,6,9-10,14-22H2,1H3,(H,36,44)(H,37,41)(H,38,43)/t25-,27-,28+,29+,35-/m1/s1. The van der Waals surface area contributed by atoms with E-state index in [0.29, 0.717) is 38.8 Å². The predicted octanol–water partition coefficient (Wildman–Crippen LogP) is 2.66. The molecule has 272 valence electrons. The monoisotopic (exact) mass is 713 g/mol. The van der Waals surface area contributed by atoms with Gasteiger partial charge < -0.3 is 29.9 Å². The highest BCUT2D eigenvalue weighted by Crippen LogP contribution is 2.45. The second kappa shape index (κ2) is 15.0. The number of ether oxygens (including phenoxy) is 2. The van der Waals surface area contributed by atoms with E-state index < -0.39 is 69.6 Å². The van der Waals surface area contributed by atoms with Crippen molar-refractivity contribution in [2.45, 2.75) is 113 Å². The zero-order valence-corrected chi connectivity index (χ0v) is 29.3. The largest absolute Gasteiger partial charge is 0.446 e. The van der Waals surface area contributed by atoms with Crippen LogP contribution in [0.1, 0.15) is 81.8 Å². The van der Waals surface area contributed by atoms with Crippen molar-refractivity contribution in [1.29, 1.82) is 0 Å². The summed E-state index contributed by atoms with van der Waals surface area (Å²) in [5.41, 5.74) is 0.663. The molecule has 50 heavy (non-hydrogen) atoms. The minimum absolute atomic E-state index is 0.0444. The molecule has 2 saturated carbocycles.